The van der Waals surface area contributed by atoms with Crippen molar-refractivity contribution >= 4 is 21.6 Å². The van der Waals surface area contributed by atoms with Crippen molar-refractivity contribution in [1.29, 1.82) is 0 Å². The van der Waals surface area contributed by atoms with E-state index in [0.717, 1.165) is 0 Å². The third kappa shape index (κ3) is 3.25. The molecule has 2 heterocycles. The van der Waals surface area contributed by atoms with E-state index in [2.05, 4.69) is 20.0 Å². The molecule has 0 aromatic carbocycles. The molecule has 1 N–H and O–H groups in total. The summed E-state index contributed by atoms with van der Waals surface area (Å²) < 4.78 is 27.7. The number of pyridine rings is 1. The lowest BCUT2D eigenvalue weighted by molar-refractivity contribution is 0.553. The Bertz CT molecular complexity index is 614. The van der Waals surface area contributed by atoms with E-state index in [1.54, 1.807) is 6.20 Å². The first-order valence-corrected chi connectivity index (χ1v) is 6.89. The smallest absolute Gasteiger partial charge is 0.240 e. The van der Waals surface area contributed by atoms with Gasteiger partial charge in [-0.2, -0.15) is 0 Å². The summed E-state index contributed by atoms with van der Waals surface area (Å²) in [6.45, 7) is 0.615. The molecule has 0 aliphatic rings. The highest BCUT2D eigenvalue weighted by atomic mass is 35.5. The van der Waals surface area contributed by atoms with E-state index >= 15 is 0 Å². The molecule has 0 bridgehead atoms. The zero-order valence-corrected chi connectivity index (χ0v) is 10.8. The molecule has 2 aromatic heterocycles. The Morgan fingerprint density at radius 3 is 2.89 bits per heavy atom. The van der Waals surface area contributed by atoms with Crippen molar-refractivity contribution in [2.24, 2.45) is 0 Å². The third-order valence-electron chi connectivity index (χ3n) is 2.11. The average molecular weight is 288 g/mol. The van der Waals surface area contributed by atoms with Crippen LogP contribution in [0, 0.1) is 0 Å². The minimum Gasteiger partial charge on any atom is -0.251 e. The second kappa shape index (κ2) is 5.42. The predicted molar refractivity (Wildman–Crippen MR) is 64.5 cm³/mol. The fraction of sp³-hybridized carbons (Fsp3) is 0.222. The van der Waals surface area contributed by atoms with Crippen molar-refractivity contribution in [3.63, 3.8) is 0 Å². The minimum absolute atomic E-state index is 0.0843. The molecule has 0 aliphatic carbocycles. The zero-order chi connectivity index (χ0) is 13.0. The molecule has 0 saturated carbocycles. The van der Waals surface area contributed by atoms with Gasteiger partial charge in [0, 0.05) is 18.9 Å². The topological polar surface area (TPSA) is 89.8 Å². The Morgan fingerprint density at radius 1 is 1.39 bits per heavy atom. The van der Waals surface area contributed by atoms with Crippen molar-refractivity contribution in [3.8, 4) is 0 Å². The zero-order valence-electron chi connectivity index (χ0n) is 9.19. The van der Waals surface area contributed by atoms with E-state index in [4.69, 9.17) is 11.6 Å². The lowest BCUT2D eigenvalue weighted by Gasteiger charge is -2.06. The van der Waals surface area contributed by atoms with Crippen LogP contribution < -0.4 is 4.72 Å². The van der Waals surface area contributed by atoms with E-state index in [0.29, 0.717) is 6.54 Å². The van der Waals surface area contributed by atoms with Crippen LogP contribution >= 0.6 is 11.6 Å². The number of nitrogens with zero attached hydrogens (tertiary/aromatic N) is 4. The molecule has 0 fully saturated rings. The second-order valence-corrected chi connectivity index (χ2v) is 5.53. The maximum Gasteiger partial charge on any atom is 0.240 e. The highest BCUT2D eigenvalue weighted by molar-refractivity contribution is 7.89. The SMILES string of the molecule is O=S(=O)(NCCn1ccnn1)c1ccnc(Cl)c1. The maximum atomic E-state index is 11.9. The highest BCUT2D eigenvalue weighted by Gasteiger charge is 2.13. The second-order valence-electron chi connectivity index (χ2n) is 3.38. The van der Waals surface area contributed by atoms with Crippen LogP contribution in [0.25, 0.3) is 0 Å². The number of nitrogens with one attached hydrogen (secondary N) is 1. The van der Waals surface area contributed by atoms with E-state index in [-0.39, 0.29) is 16.6 Å². The lowest BCUT2D eigenvalue weighted by atomic mass is 10.5. The molecule has 0 saturated heterocycles. The van der Waals surface area contributed by atoms with Gasteiger partial charge in [0.15, 0.2) is 0 Å². The standard InChI is InChI=1S/C9H10ClN5O2S/c10-9-7-8(1-2-11-9)18(16,17)13-4-6-15-5-3-12-14-15/h1-3,5,7,13H,4,6H2. The Balaban J connectivity index is 1.99. The third-order valence-corrected chi connectivity index (χ3v) is 3.78. The number of sulfonamides is 1. The van der Waals surface area contributed by atoms with Gasteiger partial charge in [-0.3, -0.25) is 4.68 Å². The van der Waals surface area contributed by atoms with Gasteiger partial charge >= 0.3 is 0 Å². The first-order chi connectivity index (χ1) is 8.58. The fourth-order valence-electron chi connectivity index (χ4n) is 1.28. The van der Waals surface area contributed by atoms with Crippen LogP contribution in [0.2, 0.25) is 5.15 Å². The van der Waals surface area contributed by atoms with Gasteiger partial charge < -0.3 is 0 Å². The van der Waals surface area contributed by atoms with E-state index < -0.39 is 10.0 Å². The number of hydrogen-bond acceptors (Lipinski definition) is 5. The van der Waals surface area contributed by atoms with Crippen LogP contribution in [0.5, 0.6) is 0 Å². The van der Waals surface area contributed by atoms with Crippen molar-refractivity contribution in [3.05, 3.63) is 35.9 Å². The molecule has 96 valence electrons. The summed E-state index contributed by atoms with van der Waals surface area (Å²) in [5.74, 6) is 0. The largest absolute Gasteiger partial charge is 0.251 e. The van der Waals surface area contributed by atoms with Gasteiger partial charge in [0.25, 0.3) is 0 Å². The molecular formula is C9H10ClN5O2S. The van der Waals surface area contributed by atoms with Crippen molar-refractivity contribution < 1.29 is 8.42 Å². The molecule has 0 amide bonds. The molecule has 2 rings (SSSR count). The molecular weight excluding hydrogens is 278 g/mol. The van der Waals surface area contributed by atoms with Crippen LogP contribution in [-0.2, 0) is 16.6 Å². The van der Waals surface area contributed by atoms with Gasteiger partial charge in [-0.05, 0) is 12.1 Å². The Morgan fingerprint density at radius 2 is 2.22 bits per heavy atom. The lowest BCUT2D eigenvalue weighted by Crippen LogP contribution is -2.27. The fourth-order valence-corrected chi connectivity index (χ4v) is 2.55. The Kier molecular flexibility index (Phi) is 3.90. The van der Waals surface area contributed by atoms with Crippen molar-refractivity contribution in [1.82, 2.24) is 24.7 Å². The molecule has 18 heavy (non-hydrogen) atoms. The molecule has 2 aromatic rings. The summed E-state index contributed by atoms with van der Waals surface area (Å²) in [5, 5.41) is 7.47. The summed E-state index contributed by atoms with van der Waals surface area (Å²) in [7, 11) is -3.57. The van der Waals surface area contributed by atoms with Gasteiger partial charge in [-0.1, -0.05) is 16.8 Å². The number of rotatable bonds is 5. The van der Waals surface area contributed by atoms with Gasteiger partial charge in [0.05, 0.1) is 17.6 Å². The van der Waals surface area contributed by atoms with Crippen LogP contribution in [0.4, 0.5) is 0 Å². The van der Waals surface area contributed by atoms with Crippen LogP contribution in [0.1, 0.15) is 0 Å². The number of halogens is 1. The first-order valence-electron chi connectivity index (χ1n) is 5.03. The average Bonchev–Trinajstić information content (AvgIpc) is 2.82. The van der Waals surface area contributed by atoms with Gasteiger partial charge in [-0.25, -0.2) is 18.1 Å². The Hall–Kier alpha value is -1.51. The summed E-state index contributed by atoms with van der Waals surface area (Å²) in [4.78, 5) is 3.81. The van der Waals surface area contributed by atoms with Gasteiger partial charge in [0.2, 0.25) is 10.0 Å². The molecule has 0 radical (unpaired) electrons. The summed E-state index contributed by atoms with van der Waals surface area (Å²) >= 11 is 5.64. The normalized spacial score (nSPS) is 11.6. The molecule has 0 spiro atoms. The summed E-state index contributed by atoms with van der Waals surface area (Å²) in [6.07, 6.45) is 4.52. The predicted octanol–water partition coefficient (Wildman–Crippen LogP) is 0.305. The highest BCUT2D eigenvalue weighted by Crippen LogP contribution is 2.12. The van der Waals surface area contributed by atoms with Crippen LogP contribution in [-0.4, -0.2) is 34.9 Å². The molecule has 0 aliphatic heterocycles. The molecule has 7 nitrogen and oxygen atoms in total. The monoisotopic (exact) mass is 287 g/mol. The summed E-state index contributed by atoms with van der Waals surface area (Å²) in [6, 6.07) is 2.67. The van der Waals surface area contributed by atoms with Crippen LogP contribution in [0.15, 0.2) is 35.6 Å². The number of hydrogen-bond donors (Lipinski definition) is 1. The number of aromatic nitrogens is 4. The summed E-state index contributed by atoms with van der Waals surface area (Å²) in [5.41, 5.74) is 0. The maximum absolute atomic E-state index is 11.9. The molecule has 0 unspecified atom stereocenters. The quantitative estimate of drug-likeness (QED) is 0.799. The van der Waals surface area contributed by atoms with Crippen molar-refractivity contribution in [2.45, 2.75) is 11.4 Å². The van der Waals surface area contributed by atoms with Crippen molar-refractivity contribution in [2.75, 3.05) is 6.54 Å². The van der Waals surface area contributed by atoms with Gasteiger partial charge in [-0.15, -0.1) is 5.10 Å². The van der Waals surface area contributed by atoms with E-state index in [9.17, 15) is 8.42 Å². The van der Waals surface area contributed by atoms with E-state index in [1.165, 1.54) is 29.2 Å². The first kappa shape index (κ1) is 12.9. The van der Waals surface area contributed by atoms with E-state index in [1.807, 2.05) is 0 Å². The minimum atomic E-state index is -3.57. The van der Waals surface area contributed by atoms with Crippen LogP contribution in [0.3, 0.4) is 0 Å². The Labute approximate surface area is 109 Å². The molecule has 0 atom stereocenters. The van der Waals surface area contributed by atoms with Gasteiger partial charge in [0.1, 0.15) is 5.15 Å². The molecule has 9 heteroatoms.